The Bertz CT molecular complexity index is 131. The summed E-state index contributed by atoms with van der Waals surface area (Å²) in [6.07, 6.45) is 2.47. The number of hydrogen-bond donors (Lipinski definition) is 0. The van der Waals surface area contributed by atoms with E-state index in [0.29, 0.717) is 0 Å². The largest absolute Gasteiger partial charge is 0.0897 e. The minimum atomic E-state index is 0.776. The quantitative estimate of drug-likeness (QED) is 0.466. The highest BCUT2D eigenvalue weighted by molar-refractivity contribution is 14.1. The molecule has 72 valence electrons. The molecule has 0 rings (SSSR count). The predicted molar refractivity (Wildman–Crippen MR) is 74.2 cm³/mol. The molecule has 0 nitrogen and oxygen atoms in total. The lowest BCUT2D eigenvalue weighted by Gasteiger charge is -2.23. The Kier molecular flexibility index (Phi) is 7.29. The molecule has 2 atom stereocenters. The Morgan fingerprint density at radius 3 is 2.08 bits per heavy atom. The van der Waals surface area contributed by atoms with Crippen LogP contribution in [0.5, 0.6) is 0 Å². The summed E-state index contributed by atoms with van der Waals surface area (Å²) in [4.78, 5) is 0. The molecule has 12 heavy (non-hydrogen) atoms. The second-order valence-corrected chi connectivity index (χ2v) is 7.13. The van der Waals surface area contributed by atoms with Crippen LogP contribution in [0.1, 0.15) is 33.6 Å². The molecule has 0 aliphatic carbocycles. The predicted octanol–water partition coefficient (Wildman–Crippen LogP) is 4.81. The van der Waals surface area contributed by atoms with Gasteiger partial charge in [0.1, 0.15) is 0 Å². The number of alkyl halides is 1. The van der Waals surface area contributed by atoms with E-state index in [1.165, 1.54) is 16.4 Å². The van der Waals surface area contributed by atoms with Gasteiger partial charge in [0.25, 0.3) is 0 Å². The lowest BCUT2D eigenvalue weighted by molar-refractivity contribution is 0.368. The van der Waals surface area contributed by atoms with E-state index in [9.17, 15) is 0 Å². The molecule has 0 aromatic rings. The fourth-order valence-electron chi connectivity index (χ4n) is 1.42. The maximum absolute atomic E-state index is 3.93. The summed E-state index contributed by atoms with van der Waals surface area (Å²) in [5, 5.41) is 0. The molecule has 0 aromatic heterocycles. The molecular weight excluding hydrogens is 374 g/mol. The van der Waals surface area contributed by atoms with Gasteiger partial charge in [-0.15, -0.1) is 0 Å². The van der Waals surface area contributed by atoms with Crippen LogP contribution in [-0.4, -0.2) is 3.92 Å². The third kappa shape index (κ3) is 5.78. The molecule has 0 radical (unpaired) electrons. The highest BCUT2D eigenvalue weighted by Gasteiger charge is 2.17. The summed E-state index contributed by atoms with van der Waals surface area (Å²) in [6.45, 7) is 10.9. The minimum Gasteiger partial charge on any atom is -0.0897 e. The molecule has 0 heterocycles. The van der Waals surface area contributed by atoms with Crippen molar-refractivity contribution in [2.24, 2.45) is 11.8 Å². The van der Waals surface area contributed by atoms with Crippen molar-refractivity contribution in [3.63, 3.8) is 0 Å². The van der Waals surface area contributed by atoms with Gasteiger partial charge in [0.15, 0.2) is 0 Å². The number of allylic oxidation sites excluding steroid dienone is 1. The average Bonchev–Trinajstić information content (AvgIpc) is 1.84. The van der Waals surface area contributed by atoms with Gasteiger partial charge < -0.3 is 0 Å². The van der Waals surface area contributed by atoms with Gasteiger partial charge in [0.05, 0.1) is 0 Å². The average molecular weight is 392 g/mol. The lowest BCUT2D eigenvalue weighted by atomic mass is 9.89. The van der Waals surface area contributed by atoms with Crippen LogP contribution in [0, 0.1) is 11.8 Å². The standard InChI is InChI=1S/C10H18I2/c1-7(2)10(9(4)12)6-5-8(3)11/h7,9-10H,3,5-6H2,1-2,4H3/t9?,10-/m1/s1. The summed E-state index contributed by atoms with van der Waals surface area (Å²) in [5.41, 5.74) is 0. The molecular formula is C10H18I2. The first kappa shape index (κ1) is 13.2. The first-order valence-corrected chi connectivity index (χ1v) is 6.75. The van der Waals surface area contributed by atoms with Crippen molar-refractivity contribution in [1.29, 1.82) is 0 Å². The topological polar surface area (TPSA) is 0 Å². The highest BCUT2D eigenvalue weighted by atomic mass is 127. The van der Waals surface area contributed by atoms with E-state index in [4.69, 9.17) is 0 Å². The molecule has 0 amide bonds. The summed E-state index contributed by atoms with van der Waals surface area (Å²) in [7, 11) is 0. The molecule has 0 saturated carbocycles. The van der Waals surface area contributed by atoms with Gasteiger partial charge in [0.2, 0.25) is 0 Å². The lowest BCUT2D eigenvalue weighted by Crippen LogP contribution is -2.17. The van der Waals surface area contributed by atoms with Crippen molar-refractivity contribution in [3.8, 4) is 0 Å². The van der Waals surface area contributed by atoms with Crippen LogP contribution in [-0.2, 0) is 0 Å². The van der Waals surface area contributed by atoms with E-state index in [-0.39, 0.29) is 0 Å². The van der Waals surface area contributed by atoms with Crippen LogP contribution in [0.25, 0.3) is 0 Å². The maximum atomic E-state index is 3.93. The van der Waals surface area contributed by atoms with Gasteiger partial charge in [-0.2, -0.15) is 0 Å². The van der Waals surface area contributed by atoms with Crippen LogP contribution in [0.4, 0.5) is 0 Å². The van der Waals surface area contributed by atoms with Gasteiger partial charge >= 0.3 is 0 Å². The number of hydrogen-bond acceptors (Lipinski definition) is 0. The van der Waals surface area contributed by atoms with E-state index in [0.717, 1.165) is 15.8 Å². The van der Waals surface area contributed by atoms with Crippen molar-refractivity contribution in [2.45, 2.75) is 37.5 Å². The molecule has 2 heteroatoms. The van der Waals surface area contributed by atoms with Crippen LogP contribution in [0.2, 0.25) is 0 Å². The summed E-state index contributed by atoms with van der Waals surface area (Å²) in [5.74, 6) is 1.64. The Labute approximate surface area is 104 Å². The van der Waals surface area contributed by atoms with E-state index in [2.05, 4.69) is 72.5 Å². The minimum absolute atomic E-state index is 0.776. The summed E-state index contributed by atoms with van der Waals surface area (Å²) in [6, 6.07) is 0. The molecule has 1 unspecified atom stereocenters. The third-order valence-corrected chi connectivity index (χ3v) is 3.66. The number of halogens is 2. The van der Waals surface area contributed by atoms with Crippen LogP contribution in [0.15, 0.2) is 10.2 Å². The van der Waals surface area contributed by atoms with Crippen molar-refractivity contribution in [3.05, 3.63) is 10.2 Å². The maximum Gasteiger partial charge on any atom is 0.0112 e. The summed E-state index contributed by atoms with van der Waals surface area (Å²) < 4.78 is 2.06. The fourth-order valence-corrected chi connectivity index (χ4v) is 2.92. The van der Waals surface area contributed by atoms with Crippen LogP contribution in [0.3, 0.4) is 0 Å². The molecule has 0 saturated heterocycles. The van der Waals surface area contributed by atoms with Crippen molar-refractivity contribution < 1.29 is 0 Å². The van der Waals surface area contributed by atoms with E-state index < -0.39 is 0 Å². The molecule has 0 fully saturated rings. The Morgan fingerprint density at radius 1 is 1.33 bits per heavy atom. The molecule has 0 aliphatic rings. The zero-order valence-corrected chi connectivity index (χ0v) is 12.4. The van der Waals surface area contributed by atoms with Crippen molar-refractivity contribution in [2.75, 3.05) is 0 Å². The summed E-state index contributed by atoms with van der Waals surface area (Å²) >= 11 is 4.86. The third-order valence-electron chi connectivity index (χ3n) is 2.20. The zero-order chi connectivity index (χ0) is 9.72. The molecule has 0 bridgehead atoms. The smallest absolute Gasteiger partial charge is 0.0112 e. The van der Waals surface area contributed by atoms with Gasteiger partial charge in [-0.1, -0.05) is 49.9 Å². The zero-order valence-electron chi connectivity index (χ0n) is 8.11. The van der Waals surface area contributed by atoms with Gasteiger partial charge in [-0.3, -0.25) is 0 Å². The molecule has 0 aromatic carbocycles. The highest BCUT2D eigenvalue weighted by Crippen LogP contribution is 2.28. The SMILES string of the molecule is C=C(I)CC[C@H](C(C)C)C(C)I. The van der Waals surface area contributed by atoms with E-state index in [1.807, 2.05) is 0 Å². The Hall–Kier alpha value is 1.20. The fraction of sp³-hybridized carbons (Fsp3) is 0.800. The van der Waals surface area contributed by atoms with Crippen molar-refractivity contribution in [1.82, 2.24) is 0 Å². The monoisotopic (exact) mass is 392 g/mol. The molecule has 0 aliphatic heterocycles. The normalized spacial score (nSPS) is 16.2. The number of rotatable bonds is 5. The van der Waals surface area contributed by atoms with E-state index >= 15 is 0 Å². The second-order valence-electron chi connectivity index (χ2n) is 3.64. The molecule has 0 spiro atoms. The van der Waals surface area contributed by atoms with Crippen LogP contribution >= 0.6 is 45.2 Å². The van der Waals surface area contributed by atoms with Gasteiger partial charge in [-0.05, 0) is 50.8 Å². The first-order valence-electron chi connectivity index (χ1n) is 4.42. The first-order chi connectivity index (χ1) is 5.45. The Morgan fingerprint density at radius 2 is 1.83 bits per heavy atom. The van der Waals surface area contributed by atoms with Gasteiger partial charge in [0, 0.05) is 3.92 Å². The van der Waals surface area contributed by atoms with Gasteiger partial charge in [-0.25, -0.2) is 0 Å². The van der Waals surface area contributed by atoms with Crippen LogP contribution < -0.4 is 0 Å². The molecule has 0 N–H and O–H groups in total. The Balaban J connectivity index is 3.88. The second kappa shape index (κ2) is 6.62. The van der Waals surface area contributed by atoms with Crippen molar-refractivity contribution >= 4 is 45.2 Å². The van der Waals surface area contributed by atoms with E-state index in [1.54, 1.807) is 0 Å².